The molecule has 3 rings (SSSR count). The van der Waals surface area contributed by atoms with Crippen molar-refractivity contribution in [2.45, 2.75) is 25.3 Å². The lowest BCUT2D eigenvalue weighted by Crippen LogP contribution is -2.47. The Morgan fingerprint density at radius 1 is 1.36 bits per heavy atom. The second kappa shape index (κ2) is 9.16. The van der Waals surface area contributed by atoms with Crippen molar-refractivity contribution < 1.29 is 23.9 Å². The van der Waals surface area contributed by atoms with E-state index in [1.54, 1.807) is 11.9 Å². The van der Waals surface area contributed by atoms with Gasteiger partial charge >= 0.3 is 11.8 Å². The molecule has 0 unspecified atom stereocenters. The van der Waals surface area contributed by atoms with E-state index in [9.17, 15) is 14.4 Å². The van der Waals surface area contributed by atoms with E-state index in [4.69, 9.17) is 9.47 Å². The third kappa shape index (κ3) is 4.51. The molecule has 0 aromatic heterocycles. The summed E-state index contributed by atoms with van der Waals surface area (Å²) in [5, 5.41) is 2.93. The molecule has 0 radical (unpaired) electrons. The first-order valence-corrected chi connectivity index (χ1v) is 9.62. The second-order valence-corrected chi connectivity index (χ2v) is 7.11. The predicted molar refractivity (Wildman–Crippen MR) is 103 cm³/mol. The van der Waals surface area contributed by atoms with E-state index in [1.807, 2.05) is 31.2 Å². The van der Waals surface area contributed by atoms with Gasteiger partial charge in [-0.3, -0.25) is 14.4 Å². The highest BCUT2D eigenvalue weighted by atomic mass is 16.5. The zero-order valence-electron chi connectivity index (χ0n) is 16.3. The first-order chi connectivity index (χ1) is 13.5. The number of carbonyl (C=O) groups is 3. The highest BCUT2D eigenvalue weighted by Crippen LogP contribution is 2.38. The molecule has 0 spiro atoms. The smallest absolute Gasteiger partial charge is 0.316 e. The van der Waals surface area contributed by atoms with Gasteiger partial charge in [-0.2, -0.15) is 0 Å². The van der Waals surface area contributed by atoms with Crippen LogP contribution < -0.4 is 10.2 Å². The lowest BCUT2D eigenvalue weighted by molar-refractivity contribution is -0.143. The molecule has 1 N–H and O–H groups in total. The summed E-state index contributed by atoms with van der Waals surface area (Å²) >= 11 is 0. The van der Waals surface area contributed by atoms with Gasteiger partial charge in [0.2, 0.25) is 5.91 Å². The first-order valence-electron chi connectivity index (χ1n) is 9.62. The molecule has 2 aliphatic rings. The Bertz CT molecular complexity index is 738. The molecule has 2 heterocycles. The summed E-state index contributed by atoms with van der Waals surface area (Å²) < 4.78 is 10.6. The molecular formula is C20H27N3O5. The molecule has 2 aliphatic heterocycles. The lowest BCUT2D eigenvalue weighted by atomic mass is 9.94. The number of hydrogen-bond acceptors (Lipinski definition) is 5. The minimum absolute atomic E-state index is 0.0358. The molecule has 0 bridgehead atoms. The molecule has 1 aromatic carbocycles. The van der Waals surface area contributed by atoms with Crippen molar-refractivity contribution in [3.63, 3.8) is 0 Å². The number of nitrogens with zero attached hydrogens (tertiary/aromatic N) is 2. The fourth-order valence-corrected chi connectivity index (χ4v) is 3.69. The third-order valence-corrected chi connectivity index (χ3v) is 5.11. The van der Waals surface area contributed by atoms with E-state index in [0.717, 1.165) is 11.3 Å². The molecular weight excluding hydrogens is 362 g/mol. The van der Waals surface area contributed by atoms with E-state index in [0.29, 0.717) is 39.3 Å². The fourth-order valence-electron chi connectivity index (χ4n) is 3.69. The van der Waals surface area contributed by atoms with Crippen molar-refractivity contribution in [2.24, 2.45) is 0 Å². The predicted octanol–water partition coefficient (Wildman–Crippen LogP) is 0.517. The number of hydrogen-bond donors (Lipinski definition) is 1. The van der Waals surface area contributed by atoms with Gasteiger partial charge in [-0.05, 0) is 25.0 Å². The number of para-hydroxylation sites is 1. The zero-order chi connectivity index (χ0) is 20.1. The molecule has 8 heteroatoms. The van der Waals surface area contributed by atoms with E-state index in [2.05, 4.69) is 5.32 Å². The number of nitrogens with one attached hydrogen (secondary N) is 1. The van der Waals surface area contributed by atoms with Gasteiger partial charge in [0.25, 0.3) is 0 Å². The minimum atomic E-state index is -0.551. The fraction of sp³-hybridized carbons (Fsp3) is 0.550. The SMILES string of the molecule is CCOCCN(C)C(=O)C(=O)N1C[C@@H](C[C@H]2COCC(=O)N2)c2ccccc21. The second-order valence-electron chi connectivity index (χ2n) is 7.11. The number of carbonyl (C=O) groups excluding carboxylic acids is 3. The summed E-state index contributed by atoms with van der Waals surface area (Å²) in [7, 11) is 1.60. The largest absolute Gasteiger partial charge is 0.380 e. The highest BCUT2D eigenvalue weighted by molar-refractivity contribution is 6.40. The summed E-state index contributed by atoms with van der Waals surface area (Å²) in [6.45, 7) is 4.17. The Balaban J connectivity index is 1.69. The van der Waals surface area contributed by atoms with Crippen LogP contribution in [0.25, 0.3) is 0 Å². The zero-order valence-corrected chi connectivity index (χ0v) is 16.3. The summed E-state index contributed by atoms with van der Waals surface area (Å²) in [4.78, 5) is 40.0. The van der Waals surface area contributed by atoms with E-state index >= 15 is 0 Å². The quantitative estimate of drug-likeness (QED) is 0.566. The summed E-state index contributed by atoms with van der Waals surface area (Å²) in [5.41, 5.74) is 1.77. The van der Waals surface area contributed by atoms with E-state index in [-0.39, 0.29) is 24.5 Å². The van der Waals surface area contributed by atoms with Crippen molar-refractivity contribution in [3.05, 3.63) is 29.8 Å². The minimum Gasteiger partial charge on any atom is -0.380 e. The molecule has 1 aromatic rings. The van der Waals surface area contributed by atoms with Crippen LogP contribution in [0.2, 0.25) is 0 Å². The van der Waals surface area contributed by atoms with Crippen LogP contribution in [-0.2, 0) is 23.9 Å². The van der Waals surface area contributed by atoms with E-state index < -0.39 is 11.8 Å². The normalized spacial score (nSPS) is 21.2. The molecule has 152 valence electrons. The summed E-state index contributed by atoms with van der Waals surface area (Å²) in [5.74, 6) is -1.18. The topological polar surface area (TPSA) is 88.2 Å². The van der Waals surface area contributed by atoms with Crippen LogP contribution in [0.4, 0.5) is 5.69 Å². The highest BCUT2D eigenvalue weighted by Gasteiger charge is 2.37. The number of fused-ring (bicyclic) bond motifs is 1. The van der Waals surface area contributed by atoms with Crippen molar-refractivity contribution in [3.8, 4) is 0 Å². The maximum Gasteiger partial charge on any atom is 0.316 e. The average Bonchev–Trinajstić information content (AvgIpc) is 3.05. The van der Waals surface area contributed by atoms with Crippen molar-refractivity contribution >= 4 is 23.4 Å². The van der Waals surface area contributed by atoms with Crippen LogP contribution in [0.1, 0.15) is 24.8 Å². The molecule has 0 aliphatic carbocycles. The van der Waals surface area contributed by atoms with Crippen molar-refractivity contribution in [2.75, 3.05) is 51.5 Å². The average molecular weight is 389 g/mol. The Morgan fingerprint density at radius 2 is 2.14 bits per heavy atom. The molecule has 2 atom stereocenters. The standard InChI is InChI=1S/C20H27N3O5/c1-3-27-9-8-22(2)19(25)20(26)23-11-14(16-6-4-5-7-17(16)23)10-15-12-28-13-18(24)21-15/h4-7,14-15H,3,8-13H2,1-2H3,(H,21,24)/t14-,15+/m1/s1. The number of likely N-dealkylation sites (N-methyl/N-ethyl adjacent to an activating group) is 1. The summed E-state index contributed by atoms with van der Waals surface area (Å²) in [6, 6.07) is 7.51. The van der Waals surface area contributed by atoms with Gasteiger partial charge in [-0.25, -0.2) is 0 Å². The Labute approximate surface area is 164 Å². The number of ether oxygens (including phenoxy) is 2. The molecule has 1 fully saturated rings. The van der Waals surface area contributed by atoms with Gasteiger partial charge in [0.15, 0.2) is 0 Å². The monoisotopic (exact) mass is 389 g/mol. The van der Waals surface area contributed by atoms with Crippen molar-refractivity contribution in [1.82, 2.24) is 10.2 Å². The number of anilines is 1. The maximum absolute atomic E-state index is 12.9. The van der Waals surface area contributed by atoms with Gasteiger partial charge in [0, 0.05) is 38.3 Å². The van der Waals surface area contributed by atoms with Gasteiger partial charge < -0.3 is 24.6 Å². The van der Waals surface area contributed by atoms with Crippen LogP contribution in [0.15, 0.2) is 24.3 Å². The maximum atomic E-state index is 12.9. The molecule has 28 heavy (non-hydrogen) atoms. The van der Waals surface area contributed by atoms with Crippen LogP contribution in [0, 0.1) is 0 Å². The van der Waals surface area contributed by atoms with Crippen LogP contribution >= 0.6 is 0 Å². The third-order valence-electron chi connectivity index (χ3n) is 5.11. The van der Waals surface area contributed by atoms with Gasteiger partial charge in [0.05, 0.1) is 19.3 Å². The molecule has 8 nitrogen and oxygen atoms in total. The Kier molecular flexibility index (Phi) is 6.64. The molecule has 0 saturated carbocycles. The molecule has 3 amide bonds. The van der Waals surface area contributed by atoms with Gasteiger partial charge in [0.1, 0.15) is 6.61 Å². The first kappa shape index (κ1) is 20.3. The van der Waals surface area contributed by atoms with E-state index in [1.165, 1.54) is 4.90 Å². The number of morpholine rings is 1. The number of benzene rings is 1. The van der Waals surface area contributed by atoms with Gasteiger partial charge in [-0.1, -0.05) is 18.2 Å². The number of amides is 3. The Hall–Kier alpha value is -2.45. The summed E-state index contributed by atoms with van der Waals surface area (Å²) in [6.07, 6.45) is 0.654. The lowest BCUT2D eigenvalue weighted by Gasteiger charge is -2.26. The van der Waals surface area contributed by atoms with Crippen LogP contribution in [0.5, 0.6) is 0 Å². The van der Waals surface area contributed by atoms with Crippen molar-refractivity contribution in [1.29, 1.82) is 0 Å². The molecule has 1 saturated heterocycles. The Morgan fingerprint density at radius 3 is 2.89 bits per heavy atom. The van der Waals surface area contributed by atoms with Crippen LogP contribution in [0.3, 0.4) is 0 Å². The van der Waals surface area contributed by atoms with Gasteiger partial charge in [-0.15, -0.1) is 0 Å². The number of rotatable bonds is 6. The van der Waals surface area contributed by atoms with Crippen LogP contribution in [-0.4, -0.2) is 75.2 Å².